The lowest BCUT2D eigenvalue weighted by Gasteiger charge is -2.08. The number of rotatable bonds is 7. The fraction of sp³-hybridized carbons (Fsp3) is 0.400. The van der Waals surface area contributed by atoms with Crippen molar-refractivity contribution in [1.29, 1.82) is 0 Å². The summed E-state index contributed by atoms with van der Waals surface area (Å²) in [5.41, 5.74) is 1.09. The van der Waals surface area contributed by atoms with Crippen LogP contribution < -0.4 is 14.8 Å². The van der Waals surface area contributed by atoms with E-state index in [1.54, 1.807) is 20.4 Å². The third-order valence-electron chi connectivity index (χ3n) is 2.97. The van der Waals surface area contributed by atoms with Gasteiger partial charge in [-0.2, -0.15) is 0 Å². The van der Waals surface area contributed by atoms with E-state index < -0.39 is 0 Å². The number of ether oxygens (including phenoxy) is 2. The number of aryl methyl sites for hydroxylation is 1. The molecule has 0 spiro atoms. The smallest absolute Gasteiger partial charge is 0.208 e. The Labute approximate surface area is 118 Å². The SMILES string of the molecule is CCc1cnc(CNCc2cc(OC)cc(OC)c2)o1. The number of hydrogen-bond acceptors (Lipinski definition) is 5. The molecule has 0 bridgehead atoms. The summed E-state index contributed by atoms with van der Waals surface area (Å²) in [5.74, 6) is 3.18. The molecule has 0 saturated carbocycles. The standard InChI is InChI=1S/C15H20N2O3/c1-4-12-9-17-15(20-12)10-16-8-11-5-13(18-2)7-14(6-11)19-3/h5-7,9,16H,4,8,10H2,1-3H3. The van der Waals surface area contributed by atoms with Gasteiger partial charge in [-0.05, 0) is 17.7 Å². The molecule has 0 unspecified atom stereocenters. The number of nitrogens with zero attached hydrogens (tertiary/aromatic N) is 1. The topological polar surface area (TPSA) is 56.5 Å². The molecule has 1 heterocycles. The summed E-state index contributed by atoms with van der Waals surface area (Å²) in [4.78, 5) is 4.21. The van der Waals surface area contributed by atoms with Gasteiger partial charge in [0.05, 0.1) is 27.0 Å². The minimum absolute atomic E-state index is 0.597. The summed E-state index contributed by atoms with van der Waals surface area (Å²) < 4.78 is 16.0. The normalized spacial score (nSPS) is 10.6. The summed E-state index contributed by atoms with van der Waals surface area (Å²) in [7, 11) is 3.29. The predicted octanol–water partition coefficient (Wildman–Crippen LogP) is 2.54. The van der Waals surface area contributed by atoms with Crippen molar-refractivity contribution in [2.45, 2.75) is 26.4 Å². The van der Waals surface area contributed by atoms with Crippen molar-refractivity contribution in [3.05, 3.63) is 41.6 Å². The number of hydrogen-bond donors (Lipinski definition) is 1. The first-order chi connectivity index (χ1) is 9.75. The molecule has 20 heavy (non-hydrogen) atoms. The van der Waals surface area contributed by atoms with E-state index in [1.165, 1.54) is 0 Å². The van der Waals surface area contributed by atoms with E-state index in [0.29, 0.717) is 19.0 Å². The van der Waals surface area contributed by atoms with E-state index in [4.69, 9.17) is 13.9 Å². The summed E-state index contributed by atoms with van der Waals surface area (Å²) in [6.07, 6.45) is 2.63. The number of methoxy groups -OCH3 is 2. The zero-order valence-corrected chi connectivity index (χ0v) is 12.1. The average molecular weight is 276 g/mol. The summed E-state index contributed by atoms with van der Waals surface area (Å²) in [6.45, 7) is 3.33. The number of oxazole rings is 1. The maximum Gasteiger partial charge on any atom is 0.208 e. The molecule has 0 saturated heterocycles. The lowest BCUT2D eigenvalue weighted by atomic mass is 10.2. The van der Waals surface area contributed by atoms with Crippen LogP contribution in [0.15, 0.2) is 28.8 Å². The van der Waals surface area contributed by atoms with E-state index in [0.717, 1.165) is 29.2 Å². The molecule has 1 aromatic heterocycles. The Morgan fingerprint density at radius 3 is 2.35 bits per heavy atom. The molecule has 0 fully saturated rings. The maximum atomic E-state index is 5.54. The van der Waals surface area contributed by atoms with Gasteiger partial charge in [0, 0.05) is 19.0 Å². The highest BCUT2D eigenvalue weighted by atomic mass is 16.5. The van der Waals surface area contributed by atoms with Crippen molar-refractivity contribution in [3.63, 3.8) is 0 Å². The largest absolute Gasteiger partial charge is 0.497 e. The summed E-state index contributed by atoms with van der Waals surface area (Å²) in [5, 5.41) is 3.29. The number of benzene rings is 1. The quantitative estimate of drug-likeness (QED) is 0.842. The van der Waals surface area contributed by atoms with E-state index in [1.807, 2.05) is 25.1 Å². The molecule has 0 aliphatic carbocycles. The average Bonchev–Trinajstić information content (AvgIpc) is 2.94. The molecule has 0 radical (unpaired) electrons. The lowest BCUT2D eigenvalue weighted by Crippen LogP contribution is -2.13. The Hall–Kier alpha value is -2.01. The van der Waals surface area contributed by atoms with Gasteiger partial charge in [-0.15, -0.1) is 0 Å². The van der Waals surface area contributed by atoms with Crippen LogP contribution in [0.1, 0.15) is 24.1 Å². The first kappa shape index (κ1) is 14.4. The molecule has 0 atom stereocenters. The third-order valence-corrected chi connectivity index (χ3v) is 2.97. The van der Waals surface area contributed by atoms with Gasteiger partial charge in [0.25, 0.3) is 0 Å². The second-order valence-corrected chi connectivity index (χ2v) is 4.40. The van der Waals surface area contributed by atoms with Gasteiger partial charge in [-0.25, -0.2) is 4.98 Å². The Bertz CT molecular complexity index is 530. The Balaban J connectivity index is 1.93. The molecule has 1 N–H and O–H groups in total. The molecule has 0 aliphatic rings. The highest BCUT2D eigenvalue weighted by Crippen LogP contribution is 2.22. The van der Waals surface area contributed by atoms with Gasteiger partial charge in [0.1, 0.15) is 17.3 Å². The van der Waals surface area contributed by atoms with Gasteiger partial charge < -0.3 is 19.2 Å². The fourth-order valence-corrected chi connectivity index (χ4v) is 1.88. The summed E-state index contributed by atoms with van der Waals surface area (Å²) >= 11 is 0. The maximum absolute atomic E-state index is 5.54. The molecular weight excluding hydrogens is 256 g/mol. The number of nitrogens with one attached hydrogen (secondary N) is 1. The van der Waals surface area contributed by atoms with Crippen molar-refractivity contribution in [2.24, 2.45) is 0 Å². The molecule has 5 nitrogen and oxygen atoms in total. The van der Waals surface area contributed by atoms with Gasteiger partial charge in [0.2, 0.25) is 5.89 Å². The second kappa shape index (κ2) is 6.96. The van der Waals surface area contributed by atoms with Crippen LogP contribution in [0.3, 0.4) is 0 Å². The van der Waals surface area contributed by atoms with E-state index in [2.05, 4.69) is 10.3 Å². The predicted molar refractivity (Wildman–Crippen MR) is 76.0 cm³/mol. The summed E-state index contributed by atoms with van der Waals surface area (Å²) in [6, 6.07) is 5.80. The van der Waals surface area contributed by atoms with E-state index >= 15 is 0 Å². The minimum Gasteiger partial charge on any atom is -0.497 e. The van der Waals surface area contributed by atoms with E-state index in [-0.39, 0.29) is 0 Å². The molecule has 2 rings (SSSR count). The molecule has 108 valence electrons. The highest BCUT2D eigenvalue weighted by molar-refractivity contribution is 5.38. The van der Waals surface area contributed by atoms with E-state index in [9.17, 15) is 0 Å². The monoisotopic (exact) mass is 276 g/mol. The van der Waals surface area contributed by atoms with Gasteiger partial charge in [-0.3, -0.25) is 0 Å². The lowest BCUT2D eigenvalue weighted by molar-refractivity contribution is 0.392. The molecule has 5 heteroatoms. The third kappa shape index (κ3) is 3.74. The fourth-order valence-electron chi connectivity index (χ4n) is 1.88. The Morgan fingerprint density at radius 1 is 1.10 bits per heavy atom. The van der Waals surface area contributed by atoms with Gasteiger partial charge >= 0.3 is 0 Å². The van der Waals surface area contributed by atoms with Crippen LogP contribution >= 0.6 is 0 Å². The van der Waals surface area contributed by atoms with Gasteiger partial charge in [0.15, 0.2) is 0 Å². The van der Waals surface area contributed by atoms with Crippen LogP contribution in [-0.2, 0) is 19.5 Å². The van der Waals surface area contributed by atoms with Crippen LogP contribution in [0.4, 0.5) is 0 Å². The van der Waals surface area contributed by atoms with Gasteiger partial charge in [-0.1, -0.05) is 6.92 Å². The van der Waals surface area contributed by atoms with Crippen molar-refractivity contribution in [3.8, 4) is 11.5 Å². The van der Waals surface area contributed by atoms with Crippen LogP contribution in [0.25, 0.3) is 0 Å². The van der Waals surface area contributed by atoms with Crippen LogP contribution in [0.2, 0.25) is 0 Å². The molecule has 0 aliphatic heterocycles. The zero-order chi connectivity index (χ0) is 14.4. The van der Waals surface area contributed by atoms with Crippen LogP contribution in [0, 0.1) is 0 Å². The van der Waals surface area contributed by atoms with Crippen molar-refractivity contribution in [2.75, 3.05) is 14.2 Å². The number of aromatic nitrogens is 1. The minimum atomic E-state index is 0.597. The first-order valence-electron chi connectivity index (χ1n) is 6.61. The molecule has 2 aromatic rings. The van der Waals surface area contributed by atoms with Crippen LogP contribution in [-0.4, -0.2) is 19.2 Å². The van der Waals surface area contributed by atoms with Crippen molar-refractivity contribution < 1.29 is 13.9 Å². The zero-order valence-electron chi connectivity index (χ0n) is 12.1. The molecule has 1 aromatic carbocycles. The Morgan fingerprint density at radius 2 is 1.80 bits per heavy atom. The van der Waals surface area contributed by atoms with Crippen molar-refractivity contribution >= 4 is 0 Å². The Kier molecular flexibility index (Phi) is 5.01. The molecule has 0 amide bonds. The van der Waals surface area contributed by atoms with Crippen molar-refractivity contribution in [1.82, 2.24) is 10.3 Å². The first-order valence-corrected chi connectivity index (χ1v) is 6.61. The van der Waals surface area contributed by atoms with Crippen LogP contribution in [0.5, 0.6) is 11.5 Å². The highest BCUT2D eigenvalue weighted by Gasteiger charge is 2.04. The second-order valence-electron chi connectivity index (χ2n) is 4.40. The molecular formula is C15H20N2O3.